The van der Waals surface area contributed by atoms with Crippen LogP contribution in [0.1, 0.15) is 24.6 Å². The monoisotopic (exact) mass is 458 g/mol. The van der Waals surface area contributed by atoms with Gasteiger partial charge in [0.15, 0.2) is 5.82 Å². The number of nitrogens with zero attached hydrogens (tertiary/aromatic N) is 8. The zero-order valence-corrected chi connectivity index (χ0v) is 18.7. The van der Waals surface area contributed by atoms with E-state index in [1.807, 2.05) is 40.9 Å². The molecular weight excluding hydrogens is 436 g/mol. The first-order valence-corrected chi connectivity index (χ1v) is 11.9. The molecular formula is C23H22N8OS. The summed E-state index contributed by atoms with van der Waals surface area (Å²) in [6.45, 7) is 3.37. The van der Waals surface area contributed by atoms with Crippen LogP contribution in [0.25, 0.3) is 26.4 Å². The van der Waals surface area contributed by atoms with Gasteiger partial charge in [0.05, 0.1) is 17.2 Å². The highest BCUT2D eigenvalue weighted by molar-refractivity contribution is 7.19. The van der Waals surface area contributed by atoms with Crippen LogP contribution < -0.4 is 5.56 Å². The number of benzene rings is 1. The fraction of sp³-hybridized carbons (Fsp3) is 0.304. The molecule has 0 unspecified atom stereocenters. The Morgan fingerprint density at radius 2 is 1.82 bits per heavy atom. The van der Waals surface area contributed by atoms with Crippen molar-refractivity contribution in [2.24, 2.45) is 0 Å². The molecule has 1 aliphatic rings. The lowest BCUT2D eigenvalue weighted by atomic mass is 9.96. The summed E-state index contributed by atoms with van der Waals surface area (Å²) in [5, 5.41) is 15.2. The number of fused-ring (bicyclic) bond motifs is 2. The Labute approximate surface area is 193 Å². The van der Waals surface area contributed by atoms with Crippen LogP contribution in [0.2, 0.25) is 0 Å². The molecule has 1 saturated heterocycles. The molecule has 0 aliphatic carbocycles. The first-order chi connectivity index (χ1) is 16.3. The molecule has 4 aromatic heterocycles. The lowest BCUT2D eigenvalue weighted by Gasteiger charge is -2.30. The maximum atomic E-state index is 12.7. The second-order valence-electron chi connectivity index (χ2n) is 8.27. The van der Waals surface area contributed by atoms with E-state index in [0.29, 0.717) is 17.8 Å². The van der Waals surface area contributed by atoms with Crippen molar-refractivity contribution in [3.8, 4) is 10.6 Å². The van der Waals surface area contributed by atoms with Gasteiger partial charge in [0.1, 0.15) is 5.01 Å². The molecule has 0 amide bonds. The van der Waals surface area contributed by atoms with Gasteiger partial charge in [0, 0.05) is 37.0 Å². The standard InChI is InChI=1S/C23H22N8OS/c32-22-18-3-1-2-4-19(18)25-15-30(22)14-13-29-11-7-16(8-12-29)20-26-27-23-31(20)28-21(33-23)17-5-9-24-10-6-17/h1-6,9-10,15-16H,7-8,11-14H2. The minimum Gasteiger partial charge on any atom is -0.302 e. The third-order valence-corrected chi connectivity index (χ3v) is 7.23. The number of para-hydroxylation sites is 1. The van der Waals surface area contributed by atoms with E-state index in [2.05, 4.69) is 25.1 Å². The molecule has 1 aliphatic heterocycles. The van der Waals surface area contributed by atoms with Crippen LogP contribution in [-0.4, -0.2) is 58.9 Å². The van der Waals surface area contributed by atoms with Crippen molar-refractivity contribution in [3.05, 3.63) is 71.3 Å². The largest absolute Gasteiger partial charge is 0.302 e. The minimum atomic E-state index is 0.0230. The molecule has 1 fully saturated rings. The Bertz CT molecular complexity index is 1470. The predicted molar refractivity (Wildman–Crippen MR) is 126 cm³/mol. The third kappa shape index (κ3) is 3.81. The van der Waals surface area contributed by atoms with Crippen molar-refractivity contribution >= 4 is 27.2 Å². The van der Waals surface area contributed by atoms with Crippen LogP contribution >= 0.6 is 11.3 Å². The van der Waals surface area contributed by atoms with Crippen LogP contribution in [-0.2, 0) is 6.54 Å². The Kier molecular flexibility index (Phi) is 5.16. The van der Waals surface area contributed by atoms with E-state index in [9.17, 15) is 4.79 Å². The topological polar surface area (TPSA) is 94.1 Å². The van der Waals surface area contributed by atoms with Crippen molar-refractivity contribution in [1.29, 1.82) is 0 Å². The van der Waals surface area contributed by atoms with E-state index in [0.717, 1.165) is 59.3 Å². The lowest BCUT2D eigenvalue weighted by molar-refractivity contribution is 0.201. The van der Waals surface area contributed by atoms with Crippen molar-refractivity contribution < 1.29 is 0 Å². The molecule has 1 aromatic carbocycles. The molecule has 6 rings (SSSR count). The van der Waals surface area contributed by atoms with Crippen LogP contribution in [0.5, 0.6) is 0 Å². The summed E-state index contributed by atoms with van der Waals surface area (Å²) in [7, 11) is 0. The van der Waals surface area contributed by atoms with E-state index in [-0.39, 0.29) is 5.56 Å². The molecule has 0 saturated carbocycles. The molecule has 166 valence electrons. The van der Waals surface area contributed by atoms with Crippen LogP contribution in [0, 0.1) is 0 Å². The van der Waals surface area contributed by atoms with Crippen molar-refractivity contribution in [2.45, 2.75) is 25.3 Å². The van der Waals surface area contributed by atoms with Crippen molar-refractivity contribution in [1.82, 2.24) is 39.2 Å². The van der Waals surface area contributed by atoms with Gasteiger partial charge in [-0.1, -0.05) is 23.5 Å². The number of hydrogen-bond donors (Lipinski definition) is 0. The highest BCUT2D eigenvalue weighted by atomic mass is 32.1. The summed E-state index contributed by atoms with van der Waals surface area (Å²) in [6, 6.07) is 11.4. The average molecular weight is 459 g/mol. The molecule has 0 bridgehead atoms. The SMILES string of the molecule is O=c1c2ccccc2ncn1CCN1CCC(c2nnc3sc(-c4ccncc4)nn23)CC1. The smallest absolute Gasteiger partial charge is 0.261 e. The molecule has 0 N–H and O–H groups in total. The van der Waals surface area contributed by atoms with Gasteiger partial charge >= 0.3 is 0 Å². The van der Waals surface area contributed by atoms with Gasteiger partial charge in [0.25, 0.3) is 5.56 Å². The van der Waals surface area contributed by atoms with E-state index < -0.39 is 0 Å². The molecule has 0 radical (unpaired) electrons. The molecule has 5 heterocycles. The van der Waals surface area contributed by atoms with Crippen LogP contribution in [0.15, 0.2) is 59.9 Å². The quantitative estimate of drug-likeness (QED) is 0.400. The zero-order chi connectivity index (χ0) is 22.2. The second-order valence-corrected chi connectivity index (χ2v) is 9.23. The third-order valence-electron chi connectivity index (χ3n) is 6.28. The summed E-state index contributed by atoms with van der Waals surface area (Å²) in [5.41, 5.74) is 1.81. The summed E-state index contributed by atoms with van der Waals surface area (Å²) in [4.78, 5) is 24.4. The molecule has 0 atom stereocenters. The number of likely N-dealkylation sites (tertiary alicyclic amines) is 1. The minimum absolute atomic E-state index is 0.0230. The summed E-state index contributed by atoms with van der Waals surface area (Å²) >= 11 is 1.55. The Hall–Kier alpha value is -3.50. The number of hydrogen-bond acceptors (Lipinski definition) is 8. The number of pyridine rings is 1. The van der Waals surface area contributed by atoms with Gasteiger partial charge in [-0.2, -0.15) is 9.61 Å². The maximum Gasteiger partial charge on any atom is 0.261 e. The summed E-state index contributed by atoms with van der Waals surface area (Å²) in [6.07, 6.45) is 7.20. The molecule has 5 aromatic rings. The van der Waals surface area contributed by atoms with Gasteiger partial charge < -0.3 is 4.90 Å². The Morgan fingerprint density at radius 3 is 2.67 bits per heavy atom. The average Bonchev–Trinajstić information content (AvgIpc) is 3.46. The number of rotatable bonds is 5. The Morgan fingerprint density at radius 1 is 1.00 bits per heavy atom. The zero-order valence-electron chi connectivity index (χ0n) is 17.9. The van der Waals surface area contributed by atoms with Gasteiger partial charge in [0.2, 0.25) is 4.96 Å². The molecule has 0 spiro atoms. The van der Waals surface area contributed by atoms with Crippen molar-refractivity contribution in [2.75, 3.05) is 19.6 Å². The summed E-state index contributed by atoms with van der Waals surface area (Å²) in [5.74, 6) is 1.27. The van der Waals surface area contributed by atoms with E-state index in [1.54, 1.807) is 34.6 Å². The molecule has 9 nitrogen and oxygen atoms in total. The highest BCUT2D eigenvalue weighted by Gasteiger charge is 2.26. The molecule has 33 heavy (non-hydrogen) atoms. The van der Waals surface area contributed by atoms with Gasteiger partial charge in [-0.3, -0.25) is 14.3 Å². The first kappa shape index (κ1) is 20.1. The Balaban J connectivity index is 1.12. The predicted octanol–water partition coefficient (Wildman–Crippen LogP) is 2.84. The first-order valence-electron chi connectivity index (χ1n) is 11.1. The van der Waals surface area contributed by atoms with Crippen molar-refractivity contribution in [3.63, 3.8) is 0 Å². The van der Waals surface area contributed by atoms with E-state index in [4.69, 9.17) is 5.10 Å². The maximum absolute atomic E-state index is 12.7. The van der Waals surface area contributed by atoms with Crippen LogP contribution in [0.3, 0.4) is 0 Å². The van der Waals surface area contributed by atoms with Crippen LogP contribution in [0.4, 0.5) is 0 Å². The second kappa shape index (κ2) is 8.45. The fourth-order valence-corrected chi connectivity index (χ4v) is 5.28. The van der Waals surface area contributed by atoms with Gasteiger partial charge in [-0.05, 0) is 50.2 Å². The van der Waals surface area contributed by atoms with E-state index in [1.165, 1.54) is 0 Å². The van der Waals surface area contributed by atoms with Gasteiger partial charge in [-0.15, -0.1) is 10.2 Å². The number of piperidine rings is 1. The summed E-state index contributed by atoms with van der Waals surface area (Å²) < 4.78 is 3.62. The van der Waals surface area contributed by atoms with E-state index >= 15 is 0 Å². The normalized spacial score (nSPS) is 15.5. The van der Waals surface area contributed by atoms with Gasteiger partial charge in [-0.25, -0.2) is 4.98 Å². The number of aromatic nitrogens is 7. The fourth-order valence-electron chi connectivity index (χ4n) is 4.43. The highest BCUT2D eigenvalue weighted by Crippen LogP contribution is 2.30. The lowest BCUT2D eigenvalue weighted by Crippen LogP contribution is -2.37. The molecule has 10 heteroatoms.